The molecular weight excluding hydrogens is 375 g/mol. The molecule has 0 spiro atoms. The Kier molecular flexibility index (Phi) is 7.18. The van der Waals surface area contributed by atoms with Crippen LogP contribution in [-0.4, -0.2) is 17.6 Å². The zero-order valence-electron chi connectivity index (χ0n) is 14.6. The number of halogens is 3. The first kappa shape index (κ1) is 20.7. The van der Waals surface area contributed by atoms with Crippen molar-refractivity contribution in [2.24, 2.45) is 0 Å². The minimum absolute atomic E-state index is 0.102. The van der Waals surface area contributed by atoms with E-state index in [2.05, 4.69) is 16.0 Å². The van der Waals surface area contributed by atoms with Gasteiger partial charge in [0.15, 0.2) is 5.11 Å². The number of carbonyl (C=O) groups excluding carboxylic acids is 1. The summed E-state index contributed by atoms with van der Waals surface area (Å²) in [5.74, 6) is -0.198. The van der Waals surface area contributed by atoms with Crippen LogP contribution in [-0.2, 0) is 11.0 Å². The molecule has 0 aliphatic carbocycles. The number of hydrogen-bond donors (Lipinski definition) is 3. The van der Waals surface area contributed by atoms with Gasteiger partial charge >= 0.3 is 6.18 Å². The summed E-state index contributed by atoms with van der Waals surface area (Å²) in [5, 5.41) is 8.89. The van der Waals surface area contributed by atoms with Gasteiger partial charge in [0.05, 0.1) is 11.6 Å². The SMILES string of the molecule is CCC(=O)NCC(NC(=S)Nc1ccccc1)c1cccc(C(F)(F)F)c1. The second-order valence-electron chi connectivity index (χ2n) is 5.80. The highest BCUT2D eigenvalue weighted by Gasteiger charge is 2.31. The quantitative estimate of drug-likeness (QED) is 0.640. The third kappa shape index (κ3) is 6.56. The number of nitrogens with one attached hydrogen (secondary N) is 3. The van der Waals surface area contributed by atoms with Gasteiger partial charge in [0, 0.05) is 18.7 Å². The molecule has 8 heteroatoms. The van der Waals surface area contributed by atoms with Crippen molar-refractivity contribution in [2.45, 2.75) is 25.6 Å². The number of anilines is 1. The minimum Gasteiger partial charge on any atom is -0.354 e. The summed E-state index contributed by atoms with van der Waals surface area (Å²) in [5.41, 5.74) is 0.365. The molecule has 0 saturated heterocycles. The summed E-state index contributed by atoms with van der Waals surface area (Å²) in [4.78, 5) is 11.6. The van der Waals surface area contributed by atoms with Crippen molar-refractivity contribution in [1.82, 2.24) is 10.6 Å². The van der Waals surface area contributed by atoms with E-state index in [0.717, 1.165) is 17.8 Å². The van der Waals surface area contributed by atoms with E-state index in [1.54, 1.807) is 13.0 Å². The maximum atomic E-state index is 13.0. The Labute approximate surface area is 161 Å². The number of carbonyl (C=O) groups is 1. The predicted molar refractivity (Wildman–Crippen MR) is 103 cm³/mol. The second kappa shape index (κ2) is 9.36. The van der Waals surface area contributed by atoms with Gasteiger partial charge in [-0.15, -0.1) is 0 Å². The first-order chi connectivity index (χ1) is 12.8. The largest absolute Gasteiger partial charge is 0.416 e. The lowest BCUT2D eigenvalue weighted by Crippen LogP contribution is -2.39. The highest BCUT2D eigenvalue weighted by Crippen LogP contribution is 2.30. The van der Waals surface area contributed by atoms with Crippen LogP contribution < -0.4 is 16.0 Å². The van der Waals surface area contributed by atoms with Crippen LogP contribution in [0.3, 0.4) is 0 Å². The molecule has 27 heavy (non-hydrogen) atoms. The van der Waals surface area contributed by atoms with E-state index in [-0.39, 0.29) is 24.0 Å². The maximum absolute atomic E-state index is 13.0. The number of hydrogen-bond acceptors (Lipinski definition) is 2. The van der Waals surface area contributed by atoms with E-state index < -0.39 is 17.8 Å². The molecule has 2 aromatic rings. The molecule has 4 nitrogen and oxygen atoms in total. The maximum Gasteiger partial charge on any atom is 0.416 e. The van der Waals surface area contributed by atoms with Crippen molar-refractivity contribution in [2.75, 3.05) is 11.9 Å². The van der Waals surface area contributed by atoms with Gasteiger partial charge in [-0.25, -0.2) is 0 Å². The lowest BCUT2D eigenvalue weighted by atomic mass is 10.0. The third-order valence-corrected chi connectivity index (χ3v) is 4.00. The number of benzene rings is 2. The Morgan fingerprint density at radius 3 is 2.44 bits per heavy atom. The highest BCUT2D eigenvalue weighted by atomic mass is 32.1. The summed E-state index contributed by atoms with van der Waals surface area (Å²) in [6, 6.07) is 13.5. The van der Waals surface area contributed by atoms with Crippen LogP contribution in [0.1, 0.15) is 30.5 Å². The Hall–Kier alpha value is -2.61. The number of para-hydroxylation sites is 1. The topological polar surface area (TPSA) is 53.2 Å². The molecule has 0 radical (unpaired) electrons. The molecule has 0 aliphatic heterocycles. The smallest absolute Gasteiger partial charge is 0.354 e. The van der Waals surface area contributed by atoms with Crippen LogP contribution in [0.15, 0.2) is 54.6 Å². The number of thiocarbonyl (C=S) groups is 1. The van der Waals surface area contributed by atoms with E-state index in [1.807, 2.05) is 30.3 Å². The molecule has 0 fully saturated rings. The predicted octanol–water partition coefficient (Wildman–Crippen LogP) is 4.26. The number of amides is 1. The average Bonchev–Trinajstić information content (AvgIpc) is 2.65. The van der Waals surface area contributed by atoms with Crippen molar-refractivity contribution in [3.8, 4) is 0 Å². The van der Waals surface area contributed by atoms with Gasteiger partial charge in [-0.1, -0.05) is 37.3 Å². The van der Waals surface area contributed by atoms with E-state index in [0.29, 0.717) is 5.56 Å². The van der Waals surface area contributed by atoms with Crippen molar-refractivity contribution >= 4 is 28.9 Å². The first-order valence-corrected chi connectivity index (χ1v) is 8.77. The number of alkyl halides is 3. The molecule has 2 rings (SSSR count). The van der Waals surface area contributed by atoms with Gasteiger partial charge in [-0.2, -0.15) is 13.2 Å². The molecule has 1 amide bonds. The van der Waals surface area contributed by atoms with Gasteiger partial charge in [0.2, 0.25) is 5.91 Å². The van der Waals surface area contributed by atoms with Crippen molar-refractivity contribution in [1.29, 1.82) is 0 Å². The minimum atomic E-state index is -4.45. The molecule has 0 aliphatic rings. The Bertz CT molecular complexity index is 781. The van der Waals surface area contributed by atoms with Gasteiger partial charge in [-0.05, 0) is 42.0 Å². The van der Waals surface area contributed by atoms with Crippen LogP contribution in [0.2, 0.25) is 0 Å². The van der Waals surface area contributed by atoms with E-state index in [9.17, 15) is 18.0 Å². The van der Waals surface area contributed by atoms with Gasteiger partial charge in [0.25, 0.3) is 0 Å². The Morgan fingerprint density at radius 2 is 1.81 bits per heavy atom. The van der Waals surface area contributed by atoms with Crippen LogP contribution >= 0.6 is 12.2 Å². The van der Waals surface area contributed by atoms with Crippen LogP contribution in [0.4, 0.5) is 18.9 Å². The molecular formula is C19H20F3N3OS. The summed E-state index contributed by atoms with van der Waals surface area (Å²) >= 11 is 5.27. The fraction of sp³-hybridized carbons (Fsp3) is 0.263. The monoisotopic (exact) mass is 395 g/mol. The van der Waals surface area contributed by atoms with E-state index in [1.165, 1.54) is 6.07 Å². The first-order valence-electron chi connectivity index (χ1n) is 8.36. The molecule has 0 heterocycles. The molecule has 2 aromatic carbocycles. The zero-order chi connectivity index (χ0) is 19.9. The van der Waals surface area contributed by atoms with Crippen molar-refractivity contribution < 1.29 is 18.0 Å². The van der Waals surface area contributed by atoms with Crippen LogP contribution in [0.25, 0.3) is 0 Å². The Balaban J connectivity index is 2.18. The second-order valence-corrected chi connectivity index (χ2v) is 6.21. The van der Waals surface area contributed by atoms with Crippen molar-refractivity contribution in [3.05, 3.63) is 65.7 Å². The van der Waals surface area contributed by atoms with E-state index >= 15 is 0 Å². The summed E-state index contributed by atoms with van der Waals surface area (Å²) in [6.07, 6.45) is -4.17. The molecule has 1 atom stereocenters. The molecule has 1 unspecified atom stereocenters. The zero-order valence-corrected chi connectivity index (χ0v) is 15.5. The van der Waals surface area contributed by atoms with Crippen molar-refractivity contribution in [3.63, 3.8) is 0 Å². The molecule has 144 valence electrons. The average molecular weight is 395 g/mol. The molecule has 3 N–H and O–H groups in total. The molecule has 0 saturated carbocycles. The summed E-state index contributed by atoms with van der Waals surface area (Å²) in [7, 11) is 0. The normalized spacial score (nSPS) is 12.1. The third-order valence-electron chi connectivity index (χ3n) is 3.78. The van der Waals surface area contributed by atoms with E-state index in [4.69, 9.17) is 12.2 Å². The van der Waals surface area contributed by atoms with Crippen LogP contribution in [0.5, 0.6) is 0 Å². The van der Waals surface area contributed by atoms with Gasteiger partial charge < -0.3 is 16.0 Å². The fourth-order valence-corrected chi connectivity index (χ4v) is 2.63. The summed E-state index contributed by atoms with van der Waals surface area (Å²) in [6.45, 7) is 1.80. The lowest BCUT2D eigenvalue weighted by molar-refractivity contribution is -0.137. The Morgan fingerprint density at radius 1 is 1.11 bits per heavy atom. The van der Waals surface area contributed by atoms with Gasteiger partial charge in [0.1, 0.15) is 0 Å². The lowest BCUT2D eigenvalue weighted by Gasteiger charge is -2.23. The van der Waals surface area contributed by atoms with Crippen LogP contribution in [0, 0.1) is 0 Å². The molecule has 0 aromatic heterocycles. The highest BCUT2D eigenvalue weighted by molar-refractivity contribution is 7.80. The fourth-order valence-electron chi connectivity index (χ4n) is 2.37. The summed E-state index contributed by atoms with van der Waals surface area (Å²) < 4.78 is 39.1. The molecule has 0 bridgehead atoms. The van der Waals surface area contributed by atoms with Gasteiger partial charge in [-0.3, -0.25) is 4.79 Å². The number of rotatable bonds is 6. The standard InChI is InChI=1S/C19H20F3N3OS/c1-2-17(26)23-12-16(13-7-6-8-14(11-13)19(20,21)22)25-18(27)24-15-9-4-3-5-10-15/h3-11,16H,2,12H2,1H3,(H,23,26)(H2,24,25,27).